The molecule has 0 amide bonds. The Kier molecular flexibility index (Phi) is 3.11. The van der Waals surface area contributed by atoms with Gasteiger partial charge in [-0.3, -0.25) is 10.1 Å². The summed E-state index contributed by atoms with van der Waals surface area (Å²) in [5, 5.41) is 19.7. The van der Waals surface area contributed by atoms with E-state index in [1.807, 2.05) is 0 Å². The second-order valence-electron chi connectivity index (χ2n) is 2.76. The van der Waals surface area contributed by atoms with Crippen LogP contribution < -0.4 is 0 Å². The third kappa shape index (κ3) is 2.16. The summed E-state index contributed by atoms with van der Waals surface area (Å²) in [6.07, 6.45) is -0.417. The maximum atomic E-state index is 12.8. The molecule has 1 aromatic rings. The molecule has 0 aliphatic rings. The van der Waals surface area contributed by atoms with Gasteiger partial charge in [0, 0.05) is 0 Å². The van der Waals surface area contributed by atoms with Gasteiger partial charge in [-0.1, -0.05) is 6.08 Å². The lowest BCUT2D eigenvalue weighted by Gasteiger charge is -2.06. The Labute approximate surface area is 83.6 Å². The van der Waals surface area contributed by atoms with Crippen LogP contribution in [0.15, 0.2) is 24.8 Å². The van der Waals surface area contributed by atoms with E-state index in [1.54, 1.807) is 0 Å². The van der Waals surface area contributed by atoms with Gasteiger partial charge in [-0.2, -0.15) is 0 Å². The molecule has 6 heteroatoms. The van der Waals surface area contributed by atoms with Crippen molar-refractivity contribution in [2.75, 3.05) is 0 Å². The van der Waals surface area contributed by atoms with Gasteiger partial charge in [0.2, 0.25) is 0 Å². The number of aliphatic hydroxyl groups is 1. The first kappa shape index (κ1) is 11.3. The maximum Gasteiger partial charge on any atom is 0.278 e. The molecule has 0 aliphatic carbocycles. The Hall–Kier alpha value is -1.82. The van der Waals surface area contributed by atoms with Gasteiger partial charge in [-0.05, 0) is 6.07 Å². The first-order valence-corrected chi connectivity index (χ1v) is 3.91. The van der Waals surface area contributed by atoms with E-state index in [1.165, 1.54) is 0 Å². The average molecular weight is 215 g/mol. The highest BCUT2D eigenvalue weighted by Crippen LogP contribution is 2.28. The first-order chi connectivity index (χ1) is 6.97. The van der Waals surface area contributed by atoms with Crippen molar-refractivity contribution < 1.29 is 18.8 Å². The summed E-state index contributed by atoms with van der Waals surface area (Å²) in [5.41, 5.74) is -1.00. The molecule has 0 saturated carbocycles. The molecular weight excluding hydrogens is 208 g/mol. The molecule has 80 valence electrons. The Morgan fingerprint density at radius 3 is 2.47 bits per heavy atom. The third-order valence-electron chi connectivity index (χ3n) is 1.81. The molecule has 1 rings (SSSR count). The van der Waals surface area contributed by atoms with Crippen molar-refractivity contribution >= 4 is 5.69 Å². The van der Waals surface area contributed by atoms with E-state index in [0.29, 0.717) is 12.1 Å². The molecule has 0 radical (unpaired) electrons. The van der Waals surface area contributed by atoms with Crippen LogP contribution in [0.2, 0.25) is 0 Å². The zero-order valence-corrected chi connectivity index (χ0v) is 7.48. The third-order valence-corrected chi connectivity index (χ3v) is 1.81. The number of hydrogen-bond acceptors (Lipinski definition) is 3. The van der Waals surface area contributed by atoms with Crippen molar-refractivity contribution in [2.45, 2.75) is 6.10 Å². The van der Waals surface area contributed by atoms with E-state index in [0.717, 1.165) is 6.08 Å². The average Bonchev–Trinajstić information content (AvgIpc) is 2.20. The van der Waals surface area contributed by atoms with Gasteiger partial charge >= 0.3 is 0 Å². The second kappa shape index (κ2) is 4.14. The molecule has 1 aromatic carbocycles. The van der Waals surface area contributed by atoms with E-state index >= 15 is 0 Å². The number of hydrogen-bond donors (Lipinski definition) is 1. The van der Waals surface area contributed by atoms with E-state index < -0.39 is 28.3 Å². The summed E-state index contributed by atoms with van der Waals surface area (Å²) >= 11 is 0. The largest absolute Gasteiger partial charge is 0.384 e. The van der Waals surface area contributed by atoms with Crippen molar-refractivity contribution in [1.82, 2.24) is 0 Å². The van der Waals surface area contributed by atoms with Crippen LogP contribution in [0.25, 0.3) is 0 Å². The van der Waals surface area contributed by atoms with Crippen molar-refractivity contribution in [2.24, 2.45) is 0 Å². The fourth-order valence-electron chi connectivity index (χ4n) is 1.07. The normalized spacial score (nSPS) is 12.2. The summed E-state index contributed by atoms with van der Waals surface area (Å²) in [4.78, 5) is 9.58. The number of nitrogens with zero attached hydrogens (tertiary/aromatic N) is 1. The number of halogens is 2. The van der Waals surface area contributed by atoms with Gasteiger partial charge in [-0.15, -0.1) is 6.58 Å². The lowest BCUT2D eigenvalue weighted by Crippen LogP contribution is -2.02. The lowest BCUT2D eigenvalue weighted by atomic mass is 10.1. The summed E-state index contributed by atoms with van der Waals surface area (Å²) < 4.78 is 25.5. The van der Waals surface area contributed by atoms with Crippen LogP contribution in [0.4, 0.5) is 14.5 Å². The Morgan fingerprint density at radius 1 is 1.47 bits per heavy atom. The van der Waals surface area contributed by atoms with Gasteiger partial charge in [0.15, 0.2) is 11.6 Å². The zero-order chi connectivity index (χ0) is 11.6. The molecule has 4 nitrogen and oxygen atoms in total. The minimum atomic E-state index is -1.40. The van der Waals surface area contributed by atoms with Crippen LogP contribution in [-0.4, -0.2) is 10.0 Å². The monoisotopic (exact) mass is 215 g/mol. The maximum absolute atomic E-state index is 12.8. The fraction of sp³-hybridized carbons (Fsp3) is 0.111. The highest BCUT2D eigenvalue weighted by atomic mass is 19.2. The van der Waals surface area contributed by atoms with Crippen LogP contribution in [-0.2, 0) is 0 Å². The summed E-state index contributed by atoms with van der Waals surface area (Å²) in [5.74, 6) is -2.58. The van der Waals surface area contributed by atoms with E-state index in [2.05, 4.69) is 6.58 Å². The molecule has 1 N–H and O–H groups in total. The molecule has 0 aromatic heterocycles. The predicted octanol–water partition coefficient (Wildman–Crippen LogP) is 2.09. The zero-order valence-electron chi connectivity index (χ0n) is 7.48. The number of rotatable bonds is 3. The van der Waals surface area contributed by atoms with Crippen LogP contribution >= 0.6 is 0 Å². The Balaban J connectivity index is 3.40. The molecule has 0 saturated heterocycles. The van der Waals surface area contributed by atoms with Crippen LogP contribution in [0.3, 0.4) is 0 Å². The van der Waals surface area contributed by atoms with Gasteiger partial charge in [0.25, 0.3) is 5.69 Å². The fourth-order valence-corrected chi connectivity index (χ4v) is 1.07. The molecular formula is C9H7F2NO3. The van der Waals surface area contributed by atoms with E-state index in [4.69, 9.17) is 0 Å². The van der Waals surface area contributed by atoms with Crippen molar-refractivity contribution in [3.63, 3.8) is 0 Å². The van der Waals surface area contributed by atoms with Crippen molar-refractivity contribution in [3.8, 4) is 0 Å². The first-order valence-electron chi connectivity index (χ1n) is 3.91. The summed E-state index contributed by atoms with van der Waals surface area (Å²) in [7, 11) is 0. The molecule has 15 heavy (non-hydrogen) atoms. The van der Waals surface area contributed by atoms with Crippen LogP contribution in [0.1, 0.15) is 11.7 Å². The van der Waals surface area contributed by atoms with E-state index in [9.17, 15) is 24.0 Å². The number of nitro benzene ring substituents is 1. The quantitative estimate of drug-likeness (QED) is 0.477. The Bertz CT molecular complexity index is 420. The minimum Gasteiger partial charge on any atom is -0.384 e. The molecule has 1 unspecified atom stereocenters. The van der Waals surface area contributed by atoms with Crippen molar-refractivity contribution in [1.29, 1.82) is 0 Å². The molecule has 0 heterocycles. The molecule has 0 spiro atoms. The SMILES string of the molecule is C=CC(O)c1cc(F)c(F)cc1[N+](=O)[O-]. The second-order valence-corrected chi connectivity index (χ2v) is 2.76. The summed E-state index contributed by atoms with van der Waals surface area (Å²) in [6, 6.07) is 1.01. The van der Waals surface area contributed by atoms with Crippen LogP contribution in [0, 0.1) is 21.7 Å². The predicted molar refractivity (Wildman–Crippen MR) is 48.2 cm³/mol. The van der Waals surface area contributed by atoms with Gasteiger partial charge in [0.1, 0.15) is 6.10 Å². The molecule has 0 aliphatic heterocycles. The van der Waals surface area contributed by atoms with Crippen LogP contribution in [0.5, 0.6) is 0 Å². The number of nitro groups is 1. The van der Waals surface area contributed by atoms with Gasteiger partial charge < -0.3 is 5.11 Å². The smallest absolute Gasteiger partial charge is 0.278 e. The van der Waals surface area contributed by atoms with E-state index in [-0.39, 0.29) is 5.56 Å². The molecule has 0 bridgehead atoms. The number of aliphatic hydroxyl groups excluding tert-OH is 1. The highest BCUT2D eigenvalue weighted by molar-refractivity contribution is 5.43. The van der Waals surface area contributed by atoms with Crippen molar-refractivity contribution in [3.05, 3.63) is 52.1 Å². The van der Waals surface area contributed by atoms with Gasteiger partial charge in [0.05, 0.1) is 16.6 Å². The lowest BCUT2D eigenvalue weighted by molar-refractivity contribution is -0.386. The topological polar surface area (TPSA) is 63.4 Å². The standard InChI is InChI=1S/C9H7F2NO3/c1-2-9(13)5-3-6(10)7(11)4-8(5)12(14)15/h2-4,9,13H,1H2. The molecule has 0 fully saturated rings. The van der Waals surface area contributed by atoms with Gasteiger partial charge in [-0.25, -0.2) is 8.78 Å². The highest BCUT2D eigenvalue weighted by Gasteiger charge is 2.22. The minimum absolute atomic E-state index is 0.325. The Morgan fingerprint density at radius 2 is 2.00 bits per heavy atom. The summed E-state index contributed by atoms with van der Waals surface area (Å²) in [6.45, 7) is 3.20. The molecule has 1 atom stereocenters. The number of benzene rings is 1.